The summed E-state index contributed by atoms with van der Waals surface area (Å²) in [4.78, 5) is 17.4. The summed E-state index contributed by atoms with van der Waals surface area (Å²) in [5, 5.41) is 2.41. The summed E-state index contributed by atoms with van der Waals surface area (Å²) in [5.41, 5.74) is 14.7. The zero-order valence-corrected chi connectivity index (χ0v) is 33.8. The Morgan fingerprint density at radius 3 is 1.65 bits per heavy atom. The normalized spacial score (nSPS) is 15.3. The molecule has 62 heavy (non-hydrogen) atoms. The molecular weight excluding hydrogens is 755 g/mol. The number of rotatable bonds is 7. The summed E-state index contributed by atoms with van der Waals surface area (Å²) < 4.78 is 2.41. The number of anilines is 2. The van der Waals surface area contributed by atoms with Gasteiger partial charge in [0.05, 0.1) is 17.1 Å². The van der Waals surface area contributed by atoms with E-state index in [0.29, 0.717) is 23.4 Å². The molecule has 2 aromatic heterocycles. The molecule has 0 bridgehead atoms. The van der Waals surface area contributed by atoms with Gasteiger partial charge in [-0.1, -0.05) is 170 Å². The van der Waals surface area contributed by atoms with Gasteiger partial charge in [0.1, 0.15) is 0 Å². The van der Waals surface area contributed by atoms with Crippen LogP contribution in [0.5, 0.6) is 0 Å². The Kier molecular flexibility index (Phi) is 8.56. The van der Waals surface area contributed by atoms with Crippen molar-refractivity contribution in [3.8, 4) is 62.1 Å². The van der Waals surface area contributed by atoms with Gasteiger partial charge in [-0.3, -0.25) is 0 Å². The third kappa shape index (κ3) is 6.13. The zero-order valence-electron chi connectivity index (χ0n) is 33.8. The van der Waals surface area contributed by atoms with Gasteiger partial charge in [0.2, 0.25) is 0 Å². The van der Waals surface area contributed by atoms with E-state index in [1.165, 1.54) is 44.4 Å². The molecule has 0 radical (unpaired) electrons. The van der Waals surface area contributed by atoms with Crippen LogP contribution in [0.1, 0.15) is 11.5 Å². The molecule has 8 aromatic carbocycles. The van der Waals surface area contributed by atoms with E-state index in [-0.39, 0.29) is 6.04 Å². The molecule has 0 fully saturated rings. The molecule has 1 aliphatic carbocycles. The van der Waals surface area contributed by atoms with Gasteiger partial charge in [-0.2, -0.15) is 0 Å². The Balaban J connectivity index is 0.932. The van der Waals surface area contributed by atoms with Gasteiger partial charge in [-0.15, -0.1) is 0 Å². The number of aromatic nitrogens is 4. The highest BCUT2D eigenvalue weighted by Crippen LogP contribution is 2.49. The smallest absolute Gasteiger partial charge is 0.164 e. The lowest BCUT2D eigenvalue weighted by Crippen LogP contribution is -2.28. The minimum atomic E-state index is 0.257. The number of para-hydroxylation sites is 2. The maximum Gasteiger partial charge on any atom is 0.164 e. The molecular formula is C57H39N5. The van der Waals surface area contributed by atoms with Gasteiger partial charge in [-0.25, -0.2) is 15.0 Å². The number of hydrogen-bond acceptors (Lipinski definition) is 4. The lowest BCUT2D eigenvalue weighted by atomic mass is 9.90. The molecule has 2 atom stereocenters. The number of hydrogen-bond donors (Lipinski definition) is 0. The van der Waals surface area contributed by atoms with Crippen LogP contribution in [0.15, 0.2) is 224 Å². The van der Waals surface area contributed by atoms with Crippen LogP contribution < -0.4 is 4.90 Å². The average Bonchev–Trinajstić information content (AvgIpc) is 3.87. The van der Waals surface area contributed by atoms with Gasteiger partial charge in [0.15, 0.2) is 17.5 Å². The average molecular weight is 794 g/mol. The Morgan fingerprint density at radius 1 is 0.355 bits per heavy atom. The molecule has 0 saturated heterocycles. The van der Waals surface area contributed by atoms with E-state index in [4.69, 9.17) is 15.0 Å². The molecule has 5 heteroatoms. The van der Waals surface area contributed by atoms with Crippen LogP contribution in [-0.2, 0) is 0 Å². The van der Waals surface area contributed by atoms with Crippen molar-refractivity contribution in [2.45, 2.75) is 12.0 Å². The van der Waals surface area contributed by atoms with E-state index in [1.807, 2.05) is 60.7 Å². The van der Waals surface area contributed by atoms with E-state index in [1.54, 1.807) is 0 Å². The van der Waals surface area contributed by atoms with Gasteiger partial charge in [-0.05, 0) is 82.4 Å². The fraction of sp³-hybridized carbons (Fsp3) is 0.0351. The van der Waals surface area contributed by atoms with Crippen molar-refractivity contribution < 1.29 is 0 Å². The zero-order chi connectivity index (χ0) is 41.0. The summed E-state index contributed by atoms with van der Waals surface area (Å²) in [6.45, 7) is 0. The molecule has 0 amide bonds. The van der Waals surface area contributed by atoms with Crippen LogP contribution in [0.25, 0.3) is 83.9 Å². The molecule has 3 heterocycles. The molecule has 1 aliphatic heterocycles. The molecule has 292 valence electrons. The third-order valence-corrected chi connectivity index (χ3v) is 12.4. The van der Waals surface area contributed by atoms with Gasteiger partial charge in [0, 0.05) is 50.4 Å². The maximum atomic E-state index is 5.01. The molecule has 0 N–H and O–H groups in total. The van der Waals surface area contributed by atoms with Crippen LogP contribution in [0.2, 0.25) is 0 Å². The van der Waals surface area contributed by atoms with Crippen molar-refractivity contribution in [2.24, 2.45) is 0 Å². The molecule has 5 nitrogen and oxygen atoms in total. The fourth-order valence-electron chi connectivity index (χ4n) is 9.43. The van der Waals surface area contributed by atoms with Crippen LogP contribution in [0.4, 0.5) is 11.4 Å². The number of allylic oxidation sites excluding steroid dienone is 2. The predicted molar refractivity (Wildman–Crippen MR) is 255 cm³/mol. The van der Waals surface area contributed by atoms with E-state index in [0.717, 1.165) is 39.0 Å². The number of fused-ring (bicyclic) bond motifs is 6. The first-order valence-electron chi connectivity index (χ1n) is 21.2. The Morgan fingerprint density at radius 2 is 0.887 bits per heavy atom. The van der Waals surface area contributed by atoms with Crippen LogP contribution in [-0.4, -0.2) is 25.6 Å². The minimum absolute atomic E-state index is 0.257. The monoisotopic (exact) mass is 793 g/mol. The third-order valence-electron chi connectivity index (χ3n) is 12.4. The summed E-state index contributed by atoms with van der Waals surface area (Å²) >= 11 is 0. The van der Waals surface area contributed by atoms with E-state index in [2.05, 4.69) is 173 Å². The highest BCUT2D eigenvalue weighted by atomic mass is 15.2. The van der Waals surface area contributed by atoms with Gasteiger partial charge < -0.3 is 9.47 Å². The van der Waals surface area contributed by atoms with Crippen molar-refractivity contribution in [1.29, 1.82) is 0 Å². The van der Waals surface area contributed by atoms with E-state index < -0.39 is 0 Å². The van der Waals surface area contributed by atoms with E-state index in [9.17, 15) is 0 Å². The van der Waals surface area contributed by atoms with Crippen molar-refractivity contribution >= 4 is 33.2 Å². The van der Waals surface area contributed by atoms with Crippen LogP contribution in [0.3, 0.4) is 0 Å². The largest absolute Gasteiger partial charge is 0.333 e. The van der Waals surface area contributed by atoms with Gasteiger partial charge >= 0.3 is 0 Å². The Bertz CT molecular complexity index is 3310. The van der Waals surface area contributed by atoms with Crippen LogP contribution in [0, 0.1) is 0 Å². The lowest BCUT2D eigenvalue weighted by molar-refractivity contribution is 0.745. The summed E-state index contributed by atoms with van der Waals surface area (Å²) in [6, 6.07) is 71.4. The SMILES string of the molecule is C1=CC2c3ccc(-c4cccc(-n5c6ccccc6c6cc(-c7cccc(-c8nc(-c9ccccc9)nc(-c9ccccc9)n8)c7)ccc65)c4)cc3N(c3ccccc3)C2C=C1. The predicted octanol–water partition coefficient (Wildman–Crippen LogP) is 14.0. The Labute approximate surface area is 360 Å². The second-order valence-corrected chi connectivity index (χ2v) is 16.0. The van der Waals surface area contributed by atoms with E-state index >= 15 is 0 Å². The Hall–Kier alpha value is -8.15. The number of benzene rings is 8. The molecule has 10 aromatic rings. The lowest BCUT2D eigenvalue weighted by Gasteiger charge is -2.28. The molecule has 0 spiro atoms. The first-order valence-corrected chi connectivity index (χ1v) is 21.2. The molecule has 2 unspecified atom stereocenters. The van der Waals surface area contributed by atoms with Crippen molar-refractivity contribution in [3.05, 3.63) is 230 Å². The molecule has 12 rings (SSSR count). The minimum Gasteiger partial charge on any atom is -0.333 e. The second-order valence-electron chi connectivity index (χ2n) is 16.0. The maximum absolute atomic E-state index is 5.01. The van der Waals surface area contributed by atoms with Crippen molar-refractivity contribution in [1.82, 2.24) is 19.5 Å². The van der Waals surface area contributed by atoms with Crippen molar-refractivity contribution in [3.63, 3.8) is 0 Å². The molecule has 2 aliphatic rings. The highest BCUT2D eigenvalue weighted by molar-refractivity contribution is 6.10. The number of nitrogens with zero attached hydrogens (tertiary/aromatic N) is 5. The van der Waals surface area contributed by atoms with Crippen LogP contribution >= 0.6 is 0 Å². The summed E-state index contributed by atoms with van der Waals surface area (Å²) in [7, 11) is 0. The first kappa shape index (κ1) is 35.8. The fourth-order valence-corrected chi connectivity index (χ4v) is 9.43. The molecule has 0 saturated carbocycles. The summed E-state index contributed by atoms with van der Waals surface area (Å²) in [6.07, 6.45) is 9.04. The van der Waals surface area contributed by atoms with Gasteiger partial charge in [0.25, 0.3) is 0 Å². The quantitative estimate of drug-likeness (QED) is 0.161. The highest BCUT2D eigenvalue weighted by Gasteiger charge is 2.37. The summed E-state index contributed by atoms with van der Waals surface area (Å²) in [5.74, 6) is 2.26. The topological polar surface area (TPSA) is 46.8 Å². The first-order chi connectivity index (χ1) is 30.7. The second kappa shape index (κ2) is 14.8. The standard InChI is InChI=1S/C57H39N5/c1-4-16-38(17-5-1)55-58-56(39-18-6-2-7-19-39)60-57(59-55)44-22-14-20-40(34-44)42-31-33-53-50(36-42)48-27-11-13-29-52(48)62(53)46-25-15-21-41(35-46)43-30-32-49-47-26-10-12-28-51(47)61(54(49)37-43)45-23-8-3-9-24-45/h1-37,47,51H. The van der Waals surface area contributed by atoms with Crippen molar-refractivity contribution in [2.75, 3.05) is 4.90 Å².